The van der Waals surface area contributed by atoms with Crippen LogP contribution < -0.4 is 11.1 Å². The van der Waals surface area contributed by atoms with Crippen molar-refractivity contribution in [1.82, 2.24) is 0 Å². The van der Waals surface area contributed by atoms with E-state index in [1.165, 1.54) is 17.4 Å². The van der Waals surface area contributed by atoms with E-state index < -0.39 is 17.7 Å². The summed E-state index contributed by atoms with van der Waals surface area (Å²) >= 11 is 1.18. The number of carbonyl (C=O) groups excluding carboxylic acids is 2. The van der Waals surface area contributed by atoms with Crippen molar-refractivity contribution in [1.29, 1.82) is 0 Å². The van der Waals surface area contributed by atoms with Crippen LogP contribution in [-0.2, 0) is 4.74 Å². The van der Waals surface area contributed by atoms with Gasteiger partial charge < -0.3 is 15.8 Å². The van der Waals surface area contributed by atoms with E-state index in [1.807, 2.05) is 0 Å². The van der Waals surface area contributed by atoms with Crippen LogP contribution >= 0.6 is 11.3 Å². The van der Waals surface area contributed by atoms with Crippen LogP contribution in [0, 0.1) is 5.82 Å². The Bertz CT molecular complexity index is 664. The van der Waals surface area contributed by atoms with Gasteiger partial charge in [0.1, 0.15) is 10.8 Å². The second-order valence-corrected chi connectivity index (χ2v) is 5.03. The maximum atomic E-state index is 13.2. The largest absolute Gasteiger partial charge is 0.462 e. The first-order valence-corrected chi connectivity index (χ1v) is 7.01. The smallest absolute Gasteiger partial charge is 0.341 e. The van der Waals surface area contributed by atoms with Gasteiger partial charge in [-0.25, -0.2) is 9.18 Å². The zero-order valence-corrected chi connectivity index (χ0v) is 12.0. The summed E-state index contributed by atoms with van der Waals surface area (Å²) in [5.74, 6) is -1.67. The van der Waals surface area contributed by atoms with Crippen molar-refractivity contribution < 1.29 is 18.7 Å². The molecule has 0 aliphatic heterocycles. The van der Waals surface area contributed by atoms with E-state index >= 15 is 0 Å². The number of anilines is 2. The van der Waals surface area contributed by atoms with Crippen molar-refractivity contribution in [2.24, 2.45) is 0 Å². The van der Waals surface area contributed by atoms with E-state index in [0.29, 0.717) is 5.00 Å². The van der Waals surface area contributed by atoms with E-state index in [-0.39, 0.29) is 23.4 Å². The van der Waals surface area contributed by atoms with Crippen molar-refractivity contribution >= 4 is 33.9 Å². The van der Waals surface area contributed by atoms with E-state index in [0.717, 1.165) is 12.1 Å². The molecule has 2 aromatic rings. The van der Waals surface area contributed by atoms with Gasteiger partial charge in [-0.15, -0.1) is 11.3 Å². The maximum absolute atomic E-state index is 13.2. The highest BCUT2D eigenvalue weighted by molar-refractivity contribution is 7.14. The quantitative estimate of drug-likeness (QED) is 0.672. The Labute approximate surface area is 124 Å². The molecule has 0 bridgehead atoms. The minimum absolute atomic E-state index is 0.0794. The van der Waals surface area contributed by atoms with Crippen molar-refractivity contribution in [2.45, 2.75) is 6.92 Å². The summed E-state index contributed by atoms with van der Waals surface area (Å²) in [6, 6.07) is 5.10. The van der Waals surface area contributed by atoms with Gasteiger partial charge in [0.15, 0.2) is 0 Å². The molecule has 0 aliphatic rings. The van der Waals surface area contributed by atoms with Gasteiger partial charge in [0.05, 0.1) is 12.2 Å². The monoisotopic (exact) mass is 308 g/mol. The fourth-order valence-electron chi connectivity index (χ4n) is 1.69. The van der Waals surface area contributed by atoms with Crippen molar-refractivity contribution in [3.63, 3.8) is 0 Å². The summed E-state index contributed by atoms with van der Waals surface area (Å²) in [5.41, 5.74) is 5.99. The fraction of sp³-hybridized carbons (Fsp3) is 0.143. The molecule has 2 rings (SSSR count). The van der Waals surface area contributed by atoms with Crippen LogP contribution in [0.3, 0.4) is 0 Å². The lowest BCUT2D eigenvalue weighted by atomic mass is 10.2. The van der Waals surface area contributed by atoms with Crippen LogP contribution in [0.5, 0.6) is 0 Å². The van der Waals surface area contributed by atoms with Gasteiger partial charge in [-0.05, 0) is 36.6 Å². The number of halogens is 1. The molecule has 0 fully saturated rings. The summed E-state index contributed by atoms with van der Waals surface area (Å²) in [4.78, 5) is 23.8. The summed E-state index contributed by atoms with van der Waals surface area (Å²) in [7, 11) is 0. The molecular formula is C14H13FN2O3S. The number of esters is 1. The zero-order valence-electron chi connectivity index (χ0n) is 11.2. The number of hydrogen-bond acceptors (Lipinski definition) is 5. The number of nitrogens with one attached hydrogen (secondary N) is 1. The van der Waals surface area contributed by atoms with E-state index in [2.05, 4.69) is 5.32 Å². The average Bonchev–Trinajstić information content (AvgIpc) is 2.86. The Morgan fingerprint density at radius 1 is 1.38 bits per heavy atom. The van der Waals surface area contributed by atoms with Gasteiger partial charge in [-0.1, -0.05) is 0 Å². The molecule has 0 atom stereocenters. The summed E-state index contributed by atoms with van der Waals surface area (Å²) in [6.07, 6.45) is 0. The van der Waals surface area contributed by atoms with Crippen LogP contribution in [0.1, 0.15) is 27.6 Å². The maximum Gasteiger partial charge on any atom is 0.341 e. The van der Waals surface area contributed by atoms with Gasteiger partial charge in [-0.3, -0.25) is 4.79 Å². The second-order valence-electron chi connectivity index (χ2n) is 4.11. The minimum atomic E-state index is -0.600. The number of hydrogen-bond donors (Lipinski definition) is 2. The number of nitrogens with two attached hydrogens (primary N) is 1. The molecule has 1 amide bonds. The molecule has 110 valence electrons. The number of carbonyl (C=O) groups is 2. The van der Waals surface area contributed by atoms with Crippen molar-refractivity contribution in [2.75, 3.05) is 17.7 Å². The van der Waals surface area contributed by atoms with Crippen molar-refractivity contribution in [3.8, 4) is 0 Å². The molecular weight excluding hydrogens is 295 g/mol. The molecule has 0 saturated carbocycles. The molecule has 0 saturated heterocycles. The zero-order chi connectivity index (χ0) is 15.4. The standard InChI is InChI=1S/C14H13FN2O3S/c1-2-20-14(19)11-3-4-21-13(11)17-12(18)8-5-9(15)7-10(16)6-8/h3-7H,2,16H2,1H3,(H,17,18). The van der Waals surface area contributed by atoms with Gasteiger partial charge in [0.25, 0.3) is 5.91 Å². The number of thiophene rings is 1. The van der Waals surface area contributed by atoms with E-state index in [4.69, 9.17) is 10.5 Å². The highest BCUT2D eigenvalue weighted by Gasteiger charge is 2.17. The first-order valence-electron chi connectivity index (χ1n) is 6.13. The third kappa shape index (κ3) is 3.57. The van der Waals surface area contributed by atoms with Crippen LogP contribution in [0.2, 0.25) is 0 Å². The Kier molecular flexibility index (Phi) is 4.54. The molecule has 0 spiro atoms. The average molecular weight is 308 g/mol. The van der Waals surface area contributed by atoms with Crippen LogP contribution in [0.25, 0.3) is 0 Å². The fourth-order valence-corrected chi connectivity index (χ4v) is 2.46. The topological polar surface area (TPSA) is 81.4 Å². The highest BCUT2D eigenvalue weighted by Crippen LogP contribution is 2.25. The SMILES string of the molecule is CCOC(=O)c1ccsc1NC(=O)c1cc(N)cc(F)c1. The van der Waals surface area contributed by atoms with Crippen LogP contribution in [0.15, 0.2) is 29.6 Å². The number of rotatable bonds is 4. The molecule has 1 heterocycles. The minimum Gasteiger partial charge on any atom is -0.462 e. The highest BCUT2D eigenvalue weighted by atomic mass is 32.1. The molecule has 0 unspecified atom stereocenters. The Morgan fingerprint density at radius 2 is 2.14 bits per heavy atom. The Hall–Kier alpha value is -2.41. The first kappa shape index (κ1) is 15.0. The number of ether oxygens (including phenoxy) is 1. The van der Waals surface area contributed by atoms with Gasteiger partial charge in [0.2, 0.25) is 0 Å². The van der Waals surface area contributed by atoms with Gasteiger partial charge >= 0.3 is 5.97 Å². The van der Waals surface area contributed by atoms with Crippen LogP contribution in [-0.4, -0.2) is 18.5 Å². The molecule has 0 radical (unpaired) electrons. The predicted octanol–water partition coefficient (Wildman–Crippen LogP) is 2.90. The van der Waals surface area contributed by atoms with Crippen LogP contribution in [0.4, 0.5) is 15.1 Å². The Morgan fingerprint density at radius 3 is 2.81 bits per heavy atom. The van der Waals surface area contributed by atoms with Gasteiger partial charge in [0, 0.05) is 11.3 Å². The normalized spacial score (nSPS) is 10.2. The third-order valence-corrected chi connectivity index (χ3v) is 3.40. The lowest BCUT2D eigenvalue weighted by molar-refractivity contribution is 0.0528. The van der Waals surface area contributed by atoms with E-state index in [9.17, 15) is 14.0 Å². The Balaban J connectivity index is 2.20. The second kappa shape index (κ2) is 6.36. The lowest BCUT2D eigenvalue weighted by Gasteiger charge is -2.07. The number of benzene rings is 1. The molecule has 21 heavy (non-hydrogen) atoms. The first-order chi connectivity index (χ1) is 10.0. The summed E-state index contributed by atoms with van der Waals surface area (Å²) in [6.45, 7) is 1.93. The third-order valence-electron chi connectivity index (χ3n) is 2.57. The van der Waals surface area contributed by atoms with E-state index in [1.54, 1.807) is 18.4 Å². The number of amides is 1. The van der Waals surface area contributed by atoms with Gasteiger partial charge in [-0.2, -0.15) is 0 Å². The predicted molar refractivity (Wildman–Crippen MR) is 79.0 cm³/mol. The summed E-state index contributed by atoms with van der Waals surface area (Å²) < 4.78 is 18.1. The molecule has 1 aromatic carbocycles. The molecule has 1 aromatic heterocycles. The molecule has 0 aliphatic carbocycles. The lowest BCUT2D eigenvalue weighted by Crippen LogP contribution is -2.14. The molecule has 3 N–H and O–H groups in total. The molecule has 5 nitrogen and oxygen atoms in total. The summed E-state index contributed by atoms with van der Waals surface area (Å²) in [5, 5.41) is 4.56. The number of nitrogen functional groups attached to an aromatic ring is 1. The molecule has 7 heteroatoms. The van der Waals surface area contributed by atoms with Crippen molar-refractivity contribution in [3.05, 3.63) is 46.6 Å².